The van der Waals surface area contributed by atoms with E-state index in [9.17, 15) is 9.59 Å². The summed E-state index contributed by atoms with van der Waals surface area (Å²) in [4.78, 5) is 26.9. The molecule has 0 saturated heterocycles. The molecule has 0 radical (unpaired) electrons. The van der Waals surface area contributed by atoms with Crippen LogP contribution in [0, 0.1) is 12.8 Å². The lowest BCUT2D eigenvalue weighted by Gasteiger charge is -2.20. The number of carboxylic acid groups (broad SMARTS) is 1. The van der Waals surface area contributed by atoms with Crippen molar-refractivity contribution in [2.75, 3.05) is 0 Å². The molecule has 0 aliphatic rings. The first-order valence-corrected chi connectivity index (χ1v) is 7.00. The van der Waals surface area contributed by atoms with E-state index in [1.165, 1.54) is 11.3 Å². The molecule has 3 N–H and O–H groups in total. The van der Waals surface area contributed by atoms with Crippen molar-refractivity contribution in [2.45, 2.75) is 39.8 Å². The van der Waals surface area contributed by atoms with E-state index in [-0.39, 0.29) is 5.92 Å². The van der Waals surface area contributed by atoms with Crippen LogP contribution in [-0.4, -0.2) is 28.1 Å². The summed E-state index contributed by atoms with van der Waals surface area (Å²) in [6.45, 7) is 5.86. The molecule has 0 saturated carbocycles. The topological polar surface area (TPSA) is 91.3 Å². The molecule has 0 aliphatic carbocycles. The summed E-state index contributed by atoms with van der Waals surface area (Å²) in [6, 6.07) is -1.36. The van der Waals surface area contributed by atoms with Crippen molar-refractivity contribution < 1.29 is 14.7 Å². The lowest BCUT2D eigenvalue weighted by atomic mass is 9.99. The Kier molecular flexibility index (Phi) is 5.75. The summed E-state index contributed by atoms with van der Waals surface area (Å²) in [5, 5.41) is 16.8. The van der Waals surface area contributed by atoms with Crippen LogP contribution in [0.3, 0.4) is 0 Å². The largest absolute Gasteiger partial charge is 0.480 e. The third-order valence-corrected chi connectivity index (χ3v) is 3.80. The van der Waals surface area contributed by atoms with Crippen LogP contribution in [0.25, 0.3) is 0 Å². The predicted molar refractivity (Wildman–Crippen MR) is 73.1 cm³/mol. The van der Waals surface area contributed by atoms with Gasteiger partial charge in [-0.15, -0.1) is 11.3 Å². The molecule has 19 heavy (non-hydrogen) atoms. The number of carbonyl (C=O) groups is 2. The highest BCUT2D eigenvalue weighted by atomic mass is 32.1. The fourth-order valence-electron chi connectivity index (χ4n) is 1.52. The molecule has 0 bridgehead atoms. The van der Waals surface area contributed by atoms with Crippen LogP contribution >= 0.6 is 11.3 Å². The maximum absolute atomic E-state index is 11.6. The maximum atomic E-state index is 11.6. The standard InChI is InChI=1S/C12H19N3O3S/c1-4-7(2)10(11(16)17)15-12(18)13-5-9-14-8(3)6-19-9/h6-7,10H,4-5H2,1-3H3,(H,16,17)(H2,13,15,18). The number of carboxylic acids is 1. The van der Waals surface area contributed by atoms with Gasteiger partial charge in [0.2, 0.25) is 0 Å². The molecule has 7 heteroatoms. The van der Waals surface area contributed by atoms with Crippen molar-refractivity contribution in [3.63, 3.8) is 0 Å². The molecule has 2 unspecified atom stereocenters. The normalized spacial score (nSPS) is 13.6. The maximum Gasteiger partial charge on any atom is 0.326 e. The molecule has 0 spiro atoms. The van der Waals surface area contributed by atoms with E-state index in [0.717, 1.165) is 10.7 Å². The van der Waals surface area contributed by atoms with Crippen molar-refractivity contribution in [3.05, 3.63) is 16.1 Å². The zero-order chi connectivity index (χ0) is 14.4. The summed E-state index contributed by atoms with van der Waals surface area (Å²) >= 11 is 1.46. The Labute approximate surface area is 116 Å². The highest BCUT2D eigenvalue weighted by Crippen LogP contribution is 2.09. The number of nitrogens with zero attached hydrogens (tertiary/aromatic N) is 1. The van der Waals surface area contributed by atoms with Crippen LogP contribution < -0.4 is 10.6 Å². The molecule has 1 aromatic rings. The summed E-state index contributed by atoms with van der Waals surface area (Å²) in [6.07, 6.45) is 0.683. The number of urea groups is 1. The van der Waals surface area contributed by atoms with Crippen LogP contribution in [0.5, 0.6) is 0 Å². The Morgan fingerprint density at radius 3 is 2.68 bits per heavy atom. The van der Waals surface area contributed by atoms with Crippen molar-refractivity contribution in [3.8, 4) is 0 Å². The third-order valence-electron chi connectivity index (χ3n) is 2.83. The van der Waals surface area contributed by atoms with Crippen molar-refractivity contribution in [1.82, 2.24) is 15.6 Å². The lowest BCUT2D eigenvalue weighted by Crippen LogP contribution is -2.48. The van der Waals surface area contributed by atoms with E-state index < -0.39 is 18.0 Å². The summed E-state index contributed by atoms with van der Waals surface area (Å²) in [7, 11) is 0. The Morgan fingerprint density at radius 1 is 1.53 bits per heavy atom. The molecule has 0 aliphatic heterocycles. The number of amides is 2. The first-order valence-electron chi connectivity index (χ1n) is 6.12. The van der Waals surface area contributed by atoms with Gasteiger partial charge in [0, 0.05) is 11.1 Å². The van der Waals surface area contributed by atoms with Gasteiger partial charge in [0.25, 0.3) is 0 Å². The second-order valence-corrected chi connectivity index (χ2v) is 5.35. The van der Waals surface area contributed by atoms with Gasteiger partial charge in [-0.3, -0.25) is 0 Å². The van der Waals surface area contributed by atoms with Crippen LogP contribution in [0.2, 0.25) is 0 Å². The van der Waals surface area contributed by atoms with Gasteiger partial charge in [-0.25, -0.2) is 14.6 Å². The van der Waals surface area contributed by atoms with E-state index in [4.69, 9.17) is 5.11 Å². The van der Waals surface area contributed by atoms with Gasteiger partial charge in [-0.2, -0.15) is 0 Å². The fraction of sp³-hybridized carbons (Fsp3) is 0.583. The third kappa shape index (κ3) is 4.86. The Hall–Kier alpha value is -1.63. The summed E-state index contributed by atoms with van der Waals surface area (Å²) in [5.74, 6) is -1.14. The van der Waals surface area contributed by atoms with Gasteiger partial charge >= 0.3 is 12.0 Å². The van der Waals surface area contributed by atoms with Gasteiger partial charge in [0.1, 0.15) is 11.0 Å². The zero-order valence-electron chi connectivity index (χ0n) is 11.3. The number of carbonyl (C=O) groups excluding carboxylic acids is 1. The van der Waals surface area contributed by atoms with E-state index in [2.05, 4.69) is 15.6 Å². The Morgan fingerprint density at radius 2 is 2.21 bits per heavy atom. The average molecular weight is 285 g/mol. The van der Waals surface area contributed by atoms with Gasteiger partial charge in [0.15, 0.2) is 0 Å². The average Bonchev–Trinajstić information content (AvgIpc) is 2.78. The highest BCUT2D eigenvalue weighted by molar-refractivity contribution is 7.09. The fourth-order valence-corrected chi connectivity index (χ4v) is 2.23. The molecule has 1 aromatic heterocycles. The second kappa shape index (κ2) is 7.08. The molecule has 106 valence electrons. The summed E-state index contributed by atoms with van der Waals surface area (Å²) in [5.41, 5.74) is 0.908. The monoisotopic (exact) mass is 285 g/mol. The minimum Gasteiger partial charge on any atom is -0.480 e. The highest BCUT2D eigenvalue weighted by Gasteiger charge is 2.25. The molecule has 1 heterocycles. The van der Waals surface area contributed by atoms with Crippen LogP contribution in [0.1, 0.15) is 31.0 Å². The van der Waals surface area contributed by atoms with E-state index in [1.807, 2.05) is 19.2 Å². The zero-order valence-corrected chi connectivity index (χ0v) is 12.1. The minimum absolute atomic E-state index is 0.120. The van der Waals surface area contributed by atoms with E-state index >= 15 is 0 Å². The van der Waals surface area contributed by atoms with E-state index in [1.54, 1.807) is 6.92 Å². The number of rotatable bonds is 6. The number of nitrogens with one attached hydrogen (secondary N) is 2. The first kappa shape index (κ1) is 15.4. The molecule has 0 fully saturated rings. The molecular weight excluding hydrogens is 266 g/mol. The Bertz CT molecular complexity index is 447. The predicted octanol–water partition coefficient (Wildman–Crippen LogP) is 1.75. The molecule has 6 nitrogen and oxygen atoms in total. The molecule has 1 rings (SSSR count). The number of aryl methyl sites for hydroxylation is 1. The number of aromatic nitrogens is 1. The molecular formula is C12H19N3O3S. The quantitative estimate of drug-likeness (QED) is 0.742. The van der Waals surface area contributed by atoms with Gasteiger partial charge in [0.05, 0.1) is 6.54 Å². The smallest absolute Gasteiger partial charge is 0.326 e. The molecule has 2 atom stereocenters. The second-order valence-electron chi connectivity index (χ2n) is 4.41. The summed E-state index contributed by atoms with van der Waals surface area (Å²) < 4.78 is 0. The number of hydrogen-bond acceptors (Lipinski definition) is 4. The number of aliphatic carboxylic acids is 1. The SMILES string of the molecule is CCC(C)C(NC(=O)NCc1nc(C)cs1)C(=O)O. The number of thiazole rings is 1. The molecule has 2 amide bonds. The van der Waals surface area contributed by atoms with Gasteiger partial charge in [-0.1, -0.05) is 20.3 Å². The lowest BCUT2D eigenvalue weighted by molar-refractivity contribution is -0.140. The first-order chi connectivity index (χ1) is 8.93. The van der Waals surface area contributed by atoms with Crippen LogP contribution in [0.4, 0.5) is 4.79 Å². The van der Waals surface area contributed by atoms with Crippen molar-refractivity contribution >= 4 is 23.3 Å². The van der Waals surface area contributed by atoms with Crippen molar-refractivity contribution in [2.24, 2.45) is 5.92 Å². The van der Waals surface area contributed by atoms with Crippen LogP contribution in [-0.2, 0) is 11.3 Å². The van der Waals surface area contributed by atoms with Crippen molar-refractivity contribution in [1.29, 1.82) is 0 Å². The van der Waals surface area contributed by atoms with Gasteiger partial charge in [-0.05, 0) is 12.8 Å². The van der Waals surface area contributed by atoms with Gasteiger partial charge < -0.3 is 15.7 Å². The number of hydrogen-bond donors (Lipinski definition) is 3. The molecule has 0 aromatic carbocycles. The van der Waals surface area contributed by atoms with E-state index in [0.29, 0.717) is 13.0 Å². The minimum atomic E-state index is -1.02. The van der Waals surface area contributed by atoms with Crippen LogP contribution in [0.15, 0.2) is 5.38 Å². The Balaban J connectivity index is 2.46.